The number of carbonyl (C=O) groups excluding carboxylic acids is 1. The molecule has 1 saturated heterocycles. The Morgan fingerprint density at radius 3 is 2.76 bits per heavy atom. The Morgan fingerprint density at radius 1 is 1.36 bits per heavy atom. The number of halogens is 1. The van der Waals surface area contributed by atoms with Crippen LogP contribution in [0.2, 0.25) is 0 Å². The van der Waals surface area contributed by atoms with Crippen molar-refractivity contribution in [3.63, 3.8) is 0 Å². The van der Waals surface area contributed by atoms with Crippen molar-refractivity contribution < 1.29 is 17.1 Å². The summed E-state index contributed by atoms with van der Waals surface area (Å²) in [6, 6.07) is 9.49. The molecule has 1 amide bonds. The molecule has 134 valence electrons. The van der Waals surface area contributed by atoms with E-state index in [-0.39, 0.29) is 18.4 Å². The van der Waals surface area contributed by atoms with Crippen LogP contribution in [0.4, 0.5) is 3.89 Å². The van der Waals surface area contributed by atoms with Crippen molar-refractivity contribution in [1.29, 1.82) is 0 Å². The number of hydrogen-bond donors (Lipinski definition) is 0. The van der Waals surface area contributed by atoms with Crippen LogP contribution in [0, 0.1) is 12.8 Å². The highest BCUT2D eigenvalue weighted by atomic mass is 32.3. The number of likely N-dealkylation sites (tertiary alicyclic amines) is 1. The molecule has 1 atom stereocenters. The minimum absolute atomic E-state index is 0.162. The summed E-state index contributed by atoms with van der Waals surface area (Å²) >= 11 is 1.33. The van der Waals surface area contributed by atoms with Crippen LogP contribution < -0.4 is 0 Å². The van der Waals surface area contributed by atoms with Gasteiger partial charge >= 0.3 is 10.2 Å². The second-order valence-corrected chi connectivity index (χ2v) is 8.86. The van der Waals surface area contributed by atoms with Gasteiger partial charge in [0.15, 0.2) is 0 Å². The minimum Gasteiger partial charge on any atom is -0.338 e. The lowest BCUT2D eigenvalue weighted by molar-refractivity contribution is 0.0689. The van der Waals surface area contributed by atoms with Gasteiger partial charge in [-0.25, -0.2) is 4.98 Å². The van der Waals surface area contributed by atoms with Gasteiger partial charge < -0.3 is 4.90 Å². The fourth-order valence-electron chi connectivity index (χ4n) is 3.17. The lowest BCUT2D eigenvalue weighted by Gasteiger charge is -2.31. The fourth-order valence-corrected chi connectivity index (χ4v) is 4.92. The van der Waals surface area contributed by atoms with Gasteiger partial charge in [-0.3, -0.25) is 4.79 Å². The molecular formula is C17H19FN2O3S2. The molecule has 0 spiro atoms. The largest absolute Gasteiger partial charge is 0.338 e. The van der Waals surface area contributed by atoms with E-state index < -0.39 is 16.0 Å². The smallest absolute Gasteiger partial charge is 0.302 e. The predicted octanol–water partition coefficient (Wildman–Crippen LogP) is 3.27. The molecule has 3 rings (SSSR count). The molecule has 25 heavy (non-hydrogen) atoms. The van der Waals surface area contributed by atoms with E-state index in [1.165, 1.54) is 11.3 Å². The molecule has 0 aliphatic carbocycles. The van der Waals surface area contributed by atoms with Crippen molar-refractivity contribution in [3.05, 3.63) is 40.2 Å². The summed E-state index contributed by atoms with van der Waals surface area (Å²) in [7, 11) is -4.53. The second-order valence-electron chi connectivity index (χ2n) is 6.24. The van der Waals surface area contributed by atoms with E-state index in [0.717, 1.165) is 10.6 Å². The van der Waals surface area contributed by atoms with Crippen LogP contribution in [0.1, 0.15) is 27.5 Å². The van der Waals surface area contributed by atoms with E-state index in [4.69, 9.17) is 0 Å². The van der Waals surface area contributed by atoms with Crippen LogP contribution in [0.15, 0.2) is 30.3 Å². The first kappa shape index (κ1) is 18.0. The maximum absolute atomic E-state index is 13.0. The molecule has 8 heteroatoms. The van der Waals surface area contributed by atoms with Gasteiger partial charge in [0.25, 0.3) is 5.91 Å². The van der Waals surface area contributed by atoms with Gasteiger partial charge in [-0.15, -0.1) is 15.2 Å². The van der Waals surface area contributed by atoms with E-state index >= 15 is 0 Å². The molecule has 1 aromatic heterocycles. The van der Waals surface area contributed by atoms with Crippen LogP contribution in [0.25, 0.3) is 11.3 Å². The van der Waals surface area contributed by atoms with Crippen molar-refractivity contribution in [2.75, 3.05) is 18.8 Å². The Morgan fingerprint density at radius 2 is 2.08 bits per heavy atom. The zero-order valence-electron chi connectivity index (χ0n) is 13.8. The van der Waals surface area contributed by atoms with Crippen molar-refractivity contribution in [2.24, 2.45) is 5.92 Å². The van der Waals surface area contributed by atoms with Crippen molar-refractivity contribution in [3.8, 4) is 11.3 Å². The zero-order valence-corrected chi connectivity index (χ0v) is 15.4. The molecule has 0 bridgehead atoms. The average molecular weight is 382 g/mol. The van der Waals surface area contributed by atoms with Gasteiger partial charge in [0.1, 0.15) is 4.88 Å². The summed E-state index contributed by atoms with van der Waals surface area (Å²) in [6.45, 7) is 2.66. The summed E-state index contributed by atoms with van der Waals surface area (Å²) in [5.41, 5.74) is 1.52. The number of amides is 1. The maximum Gasteiger partial charge on any atom is 0.302 e. The highest BCUT2D eigenvalue weighted by Crippen LogP contribution is 2.30. The number of aromatic nitrogens is 1. The lowest BCUT2D eigenvalue weighted by atomic mass is 9.99. The Labute approximate surface area is 150 Å². The van der Waals surface area contributed by atoms with E-state index in [9.17, 15) is 17.1 Å². The standard InChI is InChI=1S/C17H19FN2O3S2/c1-12-19-15(14-7-3-2-4-8-14)16(24-12)17(21)20-9-5-6-13(10-20)11-25(18,22)23/h2-4,7-8,13H,5-6,9-11H2,1H3. The number of rotatable bonds is 4. The normalized spacial score (nSPS) is 18.3. The molecule has 1 aliphatic heterocycles. The summed E-state index contributed by atoms with van der Waals surface area (Å²) in [5.74, 6) is -1.04. The number of aryl methyl sites for hydroxylation is 1. The molecule has 1 unspecified atom stereocenters. The van der Waals surface area contributed by atoms with Gasteiger partial charge in [-0.1, -0.05) is 30.3 Å². The quantitative estimate of drug-likeness (QED) is 0.761. The molecule has 1 aromatic carbocycles. The van der Waals surface area contributed by atoms with Crippen LogP contribution in [-0.2, 0) is 10.2 Å². The zero-order chi connectivity index (χ0) is 18.0. The molecule has 1 fully saturated rings. The first-order valence-corrected chi connectivity index (χ1v) is 10.4. The highest BCUT2D eigenvalue weighted by molar-refractivity contribution is 7.86. The molecule has 0 N–H and O–H groups in total. The first-order valence-electron chi connectivity index (χ1n) is 8.08. The van der Waals surface area contributed by atoms with E-state index in [1.807, 2.05) is 37.3 Å². The highest BCUT2D eigenvalue weighted by Gasteiger charge is 2.30. The molecule has 5 nitrogen and oxygen atoms in total. The van der Waals surface area contributed by atoms with Crippen LogP contribution in [0.3, 0.4) is 0 Å². The number of nitrogens with zero attached hydrogens (tertiary/aromatic N) is 2. The van der Waals surface area contributed by atoms with Crippen LogP contribution >= 0.6 is 11.3 Å². The van der Waals surface area contributed by atoms with Crippen LogP contribution in [-0.4, -0.2) is 43.1 Å². The topological polar surface area (TPSA) is 67.3 Å². The molecule has 0 radical (unpaired) electrons. The summed E-state index contributed by atoms with van der Waals surface area (Å²) in [5, 5.41) is 0.794. The number of piperidine rings is 1. The second kappa shape index (κ2) is 7.21. The van der Waals surface area contributed by atoms with Gasteiger partial charge in [0.05, 0.1) is 16.5 Å². The fraction of sp³-hybridized carbons (Fsp3) is 0.412. The molecule has 2 aromatic rings. The van der Waals surface area contributed by atoms with Crippen LogP contribution in [0.5, 0.6) is 0 Å². The van der Waals surface area contributed by atoms with E-state index in [2.05, 4.69) is 4.98 Å². The average Bonchev–Trinajstić information content (AvgIpc) is 2.95. The van der Waals surface area contributed by atoms with Crippen molar-refractivity contribution >= 4 is 27.5 Å². The Kier molecular flexibility index (Phi) is 5.19. The van der Waals surface area contributed by atoms with E-state index in [0.29, 0.717) is 30.0 Å². The third-order valence-electron chi connectivity index (χ3n) is 4.22. The van der Waals surface area contributed by atoms with E-state index in [1.54, 1.807) is 4.90 Å². The third-order valence-corrected chi connectivity index (χ3v) is 6.04. The number of carbonyl (C=O) groups is 1. The Hall–Kier alpha value is -1.80. The molecule has 1 aliphatic rings. The molecular weight excluding hydrogens is 363 g/mol. The summed E-state index contributed by atoms with van der Waals surface area (Å²) in [4.78, 5) is 19.6. The lowest BCUT2D eigenvalue weighted by Crippen LogP contribution is -2.41. The minimum atomic E-state index is -4.53. The first-order chi connectivity index (χ1) is 11.8. The Bertz CT molecular complexity index is 865. The summed E-state index contributed by atoms with van der Waals surface area (Å²) in [6.07, 6.45) is 1.28. The van der Waals surface area contributed by atoms with Crippen molar-refractivity contribution in [2.45, 2.75) is 19.8 Å². The number of hydrogen-bond acceptors (Lipinski definition) is 5. The SMILES string of the molecule is Cc1nc(-c2ccccc2)c(C(=O)N2CCCC(CS(=O)(=O)F)C2)s1. The number of thiazole rings is 1. The van der Waals surface area contributed by atoms with Gasteiger partial charge in [0, 0.05) is 18.7 Å². The number of benzene rings is 1. The maximum atomic E-state index is 13.0. The Balaban J connectivity index is 1.84. The van der Waals surface area contributed by atoms with Gasteiger partial charge in [0.2, 0.25) is 0 Å². The van der Waals surface area contributed by atoms with Crippen molar-refractivity contribution in [1.82, 2.24) is 9.88 Å². The monoisotopic (exact) mass is 382 g/mol. The predicted molar refractivity (Wildman–Crippen MR) is 95.8 cm³/mol. The molecule has 0 saturated carbocycles. The molecule has 2 heterocycles. The van der Waals surface area contributed by atoms with Gasteiger partial charge in [-0.2, -0.15) is 8.42 Å². The van der Waals surface area contributed by atoms with Gasteiger partial charge in [-0.05, 0) is 25.7 Å². The summed E-state index contributed by atoms with van der Waals surface area (Å²) < 4.78 is 34.8. The third kappa shape index (κ3) is 4.43.